The Labute approximate surface area is 273 Å². The van der Waals surface area contributed by atoms with Gasteiger partial charge in [-0.2, -0.15) is 4.98 Å². The standard InChI is InChI=1S/C22H28N10O11P2S2/c1-8-9(41-19(12(8)33)31-6-27-10-15(23)25-5-26-16(10)31)2-39-45(37,47)43-14-13-20(42-22(14,3-38-13)4-40-44(35,36)46)32-7-28-11-17(32)29-21(24)30-18(11)34/h5-9,12-14,19-20,33H,2-4H2,1H3,(H,37,47)(H2,23,25,26)(H2,35,36,46)(H3,24,29,30,34)/t8-,9-,12-,13-,14+,19-,20-,22-,45?/m1/s1. The molecule has 7 heterocycles. The van der Waals surface area contributed by atoms with Gasteiger partial charge in [-0.3, -0.25) is 28.0 Å². The minimum atomic E-state index is -4.31. The van der Waals surface area contributed by atoms with Gasteiger partial charge >= 0.3 is 13.5 Å². The third kappa shape index (κ3) is 5.88. The summed E-state index contributed by atoms with van der Waals surface area (Å²) in [6.07, 6.45) is -2.07. The molecule has 2 bridgehead atoms. The van der Waals surface area contributed by atoms with Crippen molar-refractivity contribution in [2.24, 2.45) is 5.92 Å². The summed E-state index contributed by atoms with van der Waals surface area (Å²) in [5, 5.41) is 11.0. The van der Waals surface area contributed by atoms with Crippen LogP contribution in [-0.2, 0) is 44.2 Å². The number of aromatic amines is 1. The highest BCUT2D eigenvalue weighted by Gasteiger charge is 2.65. The zero-order valence-electron chi connectivity index (χ0n) is 24.0. The second kappa shape index (κ2) is 11.8. The monoisotopic (exact) mass is 734 g/mol. The first-order valence-corrected chi connectivity index (χ1v) is 19.1. The topological polar surface area (TPSA) is 292 Å². The van der Waals surface area contributed by atoms with Gasteiger partial charge in [0.25, 0.3) is 5.56 Å². The summed E-state index contributed by atoms with van der Waals surface area (Å²) in [4.78, 5) is 56.2. The third-order valence-electron chi connectivity index (χ3n) is 8.22. The summed E-state index contributed by atoms with van der Waals surface area (Å²) in [6.45, 7) is -7.79. The highest BCUT2D eigenvalue weighted by Crippen LogP contribution is 2.57. The van der Waals surface area contributed by atoms with E-state index in [1.54, 1.807) is 6.92 Å². The van der Waals surface area contributed by atoms with E-state index in [9.17, 15) is 24.3 Å². The Balaban J connectivity index is 1.10. The van der Waals surface area contributed by atoms with Gasteiger partial charge in [0, 0.05) is 5.92 Å². The number of imidazole rings is 2. The molecule has 0 saturated carbocycles. The molecule has 2 unspecified atom stereocenters. The fourth-order valence-corrected chi connectivity index (χ4v) is 7.90. The second-order valence-corrected chi connectivity index (χ2v) is 16.7. The zero-order chi connectivity index (χ0) is 33.5. The number of hydrogen-bond donors (Lipinski definition) is 7. The van der Waals surface area contributed by atoms with Crippen LogP contribution in [0.2, 0.25) is 0 Å². The highest BCUT2D eigenvalue weighted by molar-refractivity contribution is 8.44. The Morgan fingerprint density at radius 1 is 1.15 bits per heavy atom. The van der Waals surface area contributed by atoms with Crippen molar-refractivity contribution in [3.05, 3.63) is 29.3 Å². The van der Waals surface area contributed by atoms with Crippen LogP contribution in [0.25, 0.3) is 22.3 Å². The maximum absolute atomic E-state index is 12.4. The molecule has 3 aliphatic rings. The van der Waals surface area contributed by atoms with E-state index in [1.807, 2.05) is 0 Å². The zero-order valence-corrected chi connectivity index (χ0v) is 27.5. The smallest absolute Gasteiger partial charge is 0.383 e. The van der Waals surface area contributed by atoms with E-state index in [0.717, 1.165) is 0 Å². The Kier molecular flexibility index (Phi) is 8.23. The fourth-order valence-electron chi connectivity index (χ4n) is 5.88. The lowest BCUT2D eigenvalue weighted by Gasteiger charge is -2.32. The number of nitrogens with two attached hydrogens (primary N) is 2. The summed E-state index contributed by atoms with van der Waals surface area (Å²) < 4.78 is 49.8. The molecule has 7 rings (SSSR count). The number of ether oxygens (including phenoxy) is 3. The summed E-state index contributed by atoms with van der Waals surface area (Å²) in [7, 11) is 0. The Bertz CT molecular complexity index is 2010. The molecular formula is C22H28N10O11P2S2. The molecule has 3 aliphatic heterocycles. The first-order valence-electron chi connectivity index (χ1n) is 13.8. The Hall–Kier alpha value is -2.63. The summed E-state index contributed by atoms with van der Waals surface area (Å²) in [5.74, 6) is -0.515. The van der Waals surface area contributed by atoms with Crippen molar-refractivity contribution < 1.29 is 47.2 Å². The summed E-state index contributed by atoms with van der Waals surface area (Å²) in [6, 6.07) is 0. The van der Waals surface area contributed by atoms with Crippen LogP contribution in [0.4, 0.5) is 11.8 Å². The molecule has 254 valence electrons. The number of thiol groups is 1. The van der Waals surface area contributed by atoms with Crippen LogP contribution in [0.1, 0.15) is 19.4 Å². The molecule has 4 aromatic rings. The number of rotatable bonds is 10. The molecule has 8 N–H and O–H groups in total. The SMILES string of the molecule is C[C@H]1[C@@H](O)[C@H](n2cnc3c(N)ncnc32)O[C@@H]1COP(O)(=S)O[C@H]1[C@H]2OC[C@]1(COP(=O)(O)S)O[C@H]2n1cnc2c(=O)[nH]c(N)nc21. The first kappa shape index (κ1) is 32.9. The lowest BCUT2D eigenvalue weighted by atomic mass is 10.0. The maximum atomic E-state index is 12.4. The van der Waals surface area contributed by atoms with Crippen LogP contribution in [0.3, 0.4) is 0 Å². The first-order chi connectivity index (χ1) is 22.2. The molecule has 0 amide bonds. The number of hydrogen-bond acceptors (Lipinski definition) is 17. The molecule has 10 atom stereocenters. The van der Waals surface area contributed by atoms with Crippen LogP contribution < -0.4 is 17.0 Å². The molecule has 0 aromatic carbocycles. The Morgan fingerprint density at radius 2 is 1.87 bits per heavy atom. The highest BCUT2D eigenvalue weighted by atomic mass is 32.7. The van der Waals surface area contributed by atoms with Gasteiger partial charge in [-0.25, -0.2) is 24.5 Å². The van der Waals surface area contributed by atoms with Gasteiger partial charge in [0.05, 0.1) is 38.6 Å². The average molecular weight is 735 g/mol. The van der Waals surface area contributed by atoms with Crippen LogP contribution in [0, 0.1) is 5.92 Å². The number of H-pyrrole nitrogens is 1. The summed E-state index contributed by atoms with van der Waals surface area (Å²) in [5.41, 5.74) is 10.1. The van der Waals surface area contributed by atoms with Crippen molar-refractivity contribution in [1.29, 1.82) is 0 Å². The lowest BCUT2D eigenvalue weighted by molar-refractivity contribution is -0.182. The van der Waals surface area contributed by atoms with Gasteiger partial charge in [0.15, 0.2) is 35.1 Å². The molecule has 25 heteroatoms. The minimum absolute atomic E-state index is 0.0371. The van der Waals surface area contributed by atoms with Crippen molar-refractivity contribution in [3.8, 4) is 0 Å². The molecular weight excluding hydrogens is 706 g/mol. The van der Waals surface area contributed by atoms with Crippen molar-refractivity contribution in [2.75, 3.05) is 31.3 Å². The third-order valence-corrected chi connectivity index (χ3v) is 10.6. The lowest BCUT2D eigenvalue weighted by Crippen LogP contribution is -2.45. The average Bonchev–Trinajstić information content (AvgIpc) is 3.80. The molecule has 47 heavy (non-hydrogen) atoms. The van der Waals surface area contributed by atoms with Crippen molar-refractivity contribution in [3.63, 3.8) is 0 Å². The normalized spacial score (nSPS) is 33.1. The van der Waals surface area contributed by atoms with Gasteiger partial charge in [0.1, 0.15) is 35.8 Å². The van der Waals surface area contributed by atoms with Gasteiger partial charge in [-0.15, -0.1) is 0 Å². The molecule has 0 aliphatic carbocycles. The maximum Gasteiger partial charge on any atom is 0.383 e. The van der Waals surface area contributed by atoms with E-state index in [1.165, 1.54) is 28.1 Å². The van der Waals surface area contributed by atoms with Crippen molar-refractivity contribution in [2.45, 2.75) is 49.4 Å². The van der Waals surface area contributed by atoms with Crippen LogP contribution >= 0.6 is 25.8 Å². The molecule has 21 nitrogen and oxygen atoms in total. The van der Waals surface area contributed by atoms with E-state index in [0.29, 0.717) is 11.2 Å². The van der Waals surface area contributed by atoms with Gasteiger partial charge in [0.2, 0.25) is 5.95 Å². The van der Waals surface area contributed by atoms with Crippen molar-refractivity contribution in [1.82, 2.24) is 39.0 Å². The van der Waals surface area contributed by atoms with Crippen LogP contribution in [0.15, 0.2) is 23.8 Å². The quantitative estimate of drug-likeness (QED) is 0.0787. The predicted molar refractivity (Wildman–Crippen MR) is 166 cm³/mol. The fraction of sp³-hybridized carbons (Fsp3) is 0.545. The molecule has 0 spiro atoms. The number of aliphatic hydroxyl groups excluding tert-OH is 1. The molecule has 3 fully saturated rings. The Morgan fingerprint density at radius 3 is 2.62 bits per heavy atom. The minimum Gasteiger partial charge on any atom is -0.388 e. The van der Waals surface area contributed by atoms with E-state index in [-0.39, 0.29) is 36.1 Å². The van der Waals surface area contributed by atoms with Crippen LogP contribution in [0.5, 0.6) is 0 Å². The van der Waals surface area contributed by atoms with Gasteiger partial charge < -0.3 is 45.1 Å². The molecule has 3 saturated heterocycles. The van der Waals surface area contributed by atoms with Gasteiger partial charge in [-0.05, 0) is 11.8 Å². The van der Waals surface area contributed by atoms with E-state index in [4.69, 9.17) is 51.1 Å². The van der Waals surface area contributed by atoms with E-state index in [2.05, 4.69) is 42.2 Å². The number of nitrogens with zero attached hydrogens (tertiary/aromatic N) is 7. The predicted octanol–water partition coefficient (Wildman–Crippen LogP) is -0.650. The number of nitrogens with one attached hydrogen (secondary N) is 1. The van der Waals surface area contributed by atoms with E-state index < -0.39 is 74.1 Å². The number of anilines is 2. The largest absolute Gasteiger partial charge is 0.388 e. The van der Waals surface area contributed by atoms with Crippen molar-refractivity contribution >= 4 is 71.7 Å². The number of aromatic nitrogens is 8. The number of aliphatic hydroxyl groups is 1. The van der Waals surface area contributed by atoms with E-state index >= 15 is 0 Å². The molecule has 0 radical (unpaired) electrons. The number of nitrogen functional groups attached to an aromatic ring is 2. The number of fused-ring (bicyclic) bond motifs is 4. The summed E-state index contributed by atoms with van der Waals surface area (Å²) >= 11 is 8.93. The second-order valence-electron chi connectivity index (χ2n) is 11.2. The molecule has 4 aromatic heterocycles. The van der Waals surface area contributed by atoms with Gasteiger partial charge in [-0.1, -0.05) is 19.2 Å². The van der Waals surface area contributed by atoms with Crippen LogP contribution in [-0.4, -0.2) is 104 Å².